The standard InChI is InChI=1S/C17H22N4/c1-3-15(4-2)17-16(13-18)19-20-21(17)12-8-11-14-9-6-5-7-10-14/h5-7,9-10,15H,3-4,8,11-12H2,1-2H3. The lowest BCUT2D eigenvalue weighted by Gasteiger charge is -2.14. The first-order valence-corrected chi connectivity index (χ1v) is 7.67. The Balaban J connectivity index is 2.06. The molecule has 0 aliphatic carbocycles. The second-order valence-corrected chi connectivity index (χ2v) is 5.26. The molecule has 0 bridgehead atoms. The summed E-state index contributed by atoms with van der Waals surface area (Å²) in [6, 6.07) is 12.6. The summed E-state index contributed by atoms with van der Waals surface area (Å²) in [6.45, 7) is 5.11. The fourth-order valence-corrected chi connectivity index (χ4v) is 2.72. The van der Waals surface area contributed by atoms with Gasteiger partial charge in [-0.05, 0) is 31.2 Å². The van der Waals surface area contributed by atoms with Gasteiger partial charge >= 0.3 is 0 Å². The van der Waals surface area contributed by atoms with Crippen LogP contribution in [0.4, 0.5) is 0 Å². The van der Waals surface area contributed by atoms with Gasteiger partial charge in [0, 0.05) is 12.5 Å². The maximum atomic E-state index is 9.21. The normalized spacial score (nSPS) is 10.8. The molecular weight excluding hydrogens is 260 g/mol. The van der Waals surface area contributed by atoms with Crippen molar-refractivity contribution < 1.29 is 0 Å². The molecule has 0 atom stereocenters. The molecule has 2 aromatic rings. The van der Waals surface area contributed by atoms with E-state index in [0.29, 0.717) is 11.6 Å². The van der Waals surface area contributed by atoms with Crippen molar-refractivity contribution in [3.63, 3.8) is 0 Å². The van der Waals surface area contributed by atoms with Crippen molar-refractivity contribution in [2.24, 2.45) is 0 Å². The Morgan fingerprint density at radius 1 is 1.19 bits per heavy atom. The average molecular weight is 282 g/mol. The number of nitriles is 1. The number of hydrogen-bond donors (Lipinski definition) is 0. The lowest BCUT2D eigenvalue weighted by molar-refractivity contribution is 0.498. The molecule has 0 N–H and O–H groups in total. The third kappa shape index (κ3) is 3.69. The molecule has 0 spiro atoms. The smallest absolute Gasteiger partial charge is 0.186 e. The first-order valence-electron chi connectivity index (χ1n) is 7.67. The van der Waals surface area contributed by atoms with Crippen LogP contribution in [0.3, 0.4) is 0 Å². The van der Waals surface area contributed by atoms with E-state index in [1.807, 2.05) is 10.7 Å². The topological polar surface area (TPSA) is 54.5 Å². The maximum Gasteiger partial charge on any atom is 0.186 e. The summed E-state index contributed by atoms with van der Waals surface area (Å²) < 4.78 is 1.93. The van der Waals surface area contributed by atoms with Crippen LogP contribution in [-0.4, -0.2) is 15.0 Å². The molecule has 0 saturated heterocycles. The van der Waals surface area contributed by atoms with Crippen molar-refractivity contribution >= 4 is 0 Å². The molecule has 110 valence electrons. The average Bonchev–Trinajstić information content (AvgIpc) is 2.93. The highest BCUT2D eigenvalue weighted by Gasteiger charge is 2.19. The van der Waals surface area contributed by atoms with Crippen LogP contribution in [0.5, 0.6) is 0 Å². The SMILES string of the molecule is CCC(CC)c1c(C#N)nnn1CCCc1ccccc1. The van der Waals surface area contributed by atoms with Gasteiger partial charge in [0.05, 0.1) is 5.69 Å². The van der Waals surface area contributed by atoms with Gasteiger partial charge in [0.1, 0.15) is 6.07 Å². The molecule has 0 amide bonds. The summed E-state index contributed by atoms with van der Waals surface area (Å²) in [6.07, 6.45) is 4.05. The molecule has 4 heteroatoms. The van der Waals surface area contributed by atoms with Crippen LogP contribution in [0.2, 0.25) is 0 Å². The number of benzene rings is 1. The van der Waals surface area contributed by atoms with Crippen LogP contribution < -0.4 is 0 Å². The largest absolute Gasteiger partial charge is 0.248 e. The summed E-state index contributed by atoms with van der Waals surface area (Å²) in [7, 11) is 0. The highest BCUT2D eigenvalue weighted by Crippen LogP contribution is 2.25. The van der Waals surface area contributed by atoms with Gasteiger partial charge in [0.25, 0.3) is 0 Å². The predicted octanol–water partition coefficient (Wildman–Crippen LogP) is 3.69. The van der Waals surface area contributed by atoms with Crippen LogP contribution in [-0.2, 0) is 13.0 Å². The van der Waals surface area contributed by atoms with Gasteiger partial charge in [-0.3, -0.25) is 0 Å². The van der Waals surface area contributed by atoms with E-state index >= 15 is 0 Å². The number of aromatic nitrogens is 3. The van der Waals surface area contributed by atoms with Gasteiger partial charge in [-0.2, -0.15) is 5.26 Å². The van der Waals surface area contributed by atoms with E-state index in [4.69, 9.17) is 0 Å². The Labute approximate surface area is 126 Å². The minimum Gasteiger partial charge on any atom is -0.248 e. The molecule has 0 radical (unpaired) electrons. The quantitative estimate of drug-likeness (QED) is 0.778. The summed E-state index contributed by atoms with van der Waals surface area (Å²) >= 11 is 0. The Kier molecular flexibility index (Phi) is 5.51. The Morgan fingerprint density at radius 2 is 1.90 bits per heavy atom. The molecule has 4 nitrogen and oxygen atoms in total. The first kappa shape index (κ1) is 15.2. The minimum absolute atomic E-state index is 0.367. The second-order valence-electron chi connectivity index (χ2n) is 5.26. The lowest BCUT2D eigenvalue weighted by atomic mass is 9.97. The van der Waals surface area contributed by atoms with Gasteiger partial charge in [0.2, 0.25) is 0 Å². The second kappa shape index (κ2) is 7.58. The summed E-state index contributed by atoms with van der Waals surface area (Å²) in [5.74, 6) is 0.367. The molecule has 0 saturated carbocycles. The molecule has 2 rings (SSSR count). The fourth-order valence-electron chi connectivity index (χ4n) is 2.72. The summed E-state index contributed by atoms with van der Waals surface area (Å²) in [5.41, 5.74) is 2.83. The summed E-state index contributed by atoms with van der Waals surface area (Å²) in [4.78, 5) is 0. The molecule has 0 fully saturated rings. The Hall–Kier alpha value is -2.15. The van der Waals surface area contributed by atoms with Crippen molar-refractivity contribution in [3.05, 3.63) is 47.3 Å². The van der Waals surface area contributed by atoms with Crippen molar-refractivity contribution in [2.45, 2.75) is 52.0 Å². The van der Waals surface area contributed by atoms with Crippen LogP contribution >= 0.6 is 0 Å². The zero-order chi connectivity index (χ0) is 15.1. The van der Waals surface area contributed by atoms with Crippen LogP contribution in [0.25, 0.3) is 0 Å². The molecule has 0 unspecified atom stereocenters. The summed E-state index contributed by atoms with van der Waals surface area (Å²) in [5, 5.41) is 17.4. The number of hydrogen-bond acceptors (Lipinski definition) is 3. The van der Waals surface area contributed by atoms with Crippen molar-refractivity contribution in [1.82, 2.24) is 15.0 Å². The van der Waals surface area contributed by atoms with Gasteiger partial charge in [-0.1, -0.05) is 49.4 Å². The fraction of sp³-hybridized carbons (Fsp3) is 0.471. The van der Waals surface area contributed by atoms with Crippen molar-refractivity contribution in [3.8, 4) is 6.07 Å². The zero-order valence-corrected chi connectivity index (χ0v) is 12.8. The van der Waals surface area contributed by atoms with Crippen molar-refractivity contribution in [1.29, 1.82) is 5.26 Å². The third-order valence-corrected chi connectivity index (χ3v) is 3.93. The highest BCUT2D eigenvalue weighted by molar-refractivity contribution is 5.27. The van der Waals surface area contributed by atoms with E-state index < -0.39 is 0 Å². The predicted molar refractivity (Wildman–Crippen MR) is 82.8 cm³/mol. The molecule has 21 heavy (non-hydrogen) atoms. The van der Waals surface area contributed by atoms with Gasteiger partial charge in [0.15, 0.2) is 5.69 Å². The molecular formula is C17H22N4. The highest BCUT2D eigenvalue weighted by atomic mass is 15.4. The molecule has 1 aromatic heterocycles. The molecule has 0 aliphatic heterocycles. The Morgan fingerprint density at radius 3 is 2.52 bits per heavy atom. The van der Waals surface area contributed by atoms with Crippen molar-refractivity contribution in [2.75, 3.05) is 0 Å². The van der Waals surface area contributed by atoms with E-state index in [1.165, 1.54) is 5.56 Å². The third-order valence-electron chi connectivity index (χ3n) is 3.93. The minimum atomic E-state index is 0.367. The van der Waals surface area contributed by atoms with E-state index in [9.17, 15) is 5.26 Å². The number of aryl methyl sites for hydroxylation is 2. The first-order chi connectivity index (χ1) is 10.3. The van der Waals surface area contributed by atoms with Gasteiger partial charge in [-0.15, -0.1) is 5.10 Å². The van der Waals surface area contributed by atoms with E-state index in [-0.39, 0.29) is 0 Å². The lowest BCUT2D eigenvalue weighted by Crippen LogP contribution is -2.10. The Bertz CT molecular complexity index is 591. The number of nitrogens with zero attached hydrogens (tertiary/aromatic N) is 4. The van der Waals surface area contributed by atoms with Crippen LogP contribution in [0.1, 0.15) is 56.0 Å². The molecule has 1 aromatic carbocycles. The van der Waals surface area contributed by atoms with Gasteiger partial charge < -0.3 is 0 Å². The van der Waals surface area contributed by atoms with E-state index in [0.717, 1.165) is 37.9 Å². The maximum absolute atomic E-state index is 9.21. The van der Waals surface area contributed by atoms with Gasteiger partial charge in [-0.25, -0.2) is 4.68 Å². The van der Waals surface area contributed by atoms with E-state index in [2.05, 4.69) is 54.5 Å². The number of rotatable bonds is 7. The zero-order valence-electron chi connectivity index (χ0n) is 12.8. The molecule has 0 aliphatic rings. The van der Waals surface area contributed by atoms with E-state index in [1.54, 1.807) is 0 Å². The molecule has 1 heterocycles. The van der Waals surface area contributed by atoms with Crippen LogP contribution in [0.15, 0.2) is 30.3 Å². The monoisotopic (exact) mass is 282 g/mol. The van der Waals surface area contributed by atoms with Crippen LogP contribution in [0, 0.1) is 11.3 Å².